The first-order valence-corrected chi connectivity index (χ1v) is 5.57. The molecule has 0 saturated carbocycles. The Morgan fingerprint density at radius 3 is 2.94 bits per heavy atom. The van der Waals surface area contributed by atoms with Crippen LogP contribution in [0, 0.1) is 0 Å². The van der Waals surface area contributed by atoms with Crippen molar-refractivity contribution >= 4 is 11.8 Å². The first kappa shape index (κ1) is 13.2. The van der Waals surface area contributed by atoms with Gasteiger partial charge in [-0.3, -0.25) is 4.79 Å². The van der Waals surface area contributed by atoms with Gasteiger partial charge in [-0.2, -0.15) is 0 Å². The first-order chi connectivity index (χ1) is 8.06. The van der Waals surface area contributed by atoms with Crippen LogP contribution in [0.15, 0.2) is 17.2 Å². The van der Waals surface area contributed by atoms with Crippen LogP contribution in [0.5, 0.6) is 0 Å². The molecule has 0 aliphatic carbocycles. The number of carboxylic acid groups (broad SMARTS) is 1. The van der Waals surface area contributed by atoms with Crippen molar-refractivity contribution in [3.63, 3.8) is 0 Å². The minimum absolute atomic E-state index is 0.0819. The topological polar surface area (TPSA) is 84.2 Å². The van der Waals surface area contributed by atoms with E-state index in [-0.39, 0.29) is 11.4 Å². The third kappa shape index (κ3) is 3.58. The molecule has 0 saturated heterocycles. The maximum atomic E-state index is 11.6. The number of nitrogens with one attached hydrogen (secondary N) is 1. The number of aliphatic carboxylic acids is 1. The van der Waals surface area contributed by atoms with Gasteiger partial charge in [0.1, 0.15) is 6.04 Å². The van der Waals surface area contributed by atoms with E-state index >= 15 is 0 Å². The predicted octanol–water partition coefficient (Wildman–Crippen LogP) is 0.836. The van der Waals surface area contributed by atoms with E-state index in [1.807, 2.05) is 6.92 Å². The number of hydrogen-bond donors (Lipinski definition) is 2. The van der Waals surface area contributed by atoms with Crippen molar-refractivity contribution in [3.05, 3.63) is 22.7 Å². The number of carboxylic acids is 1. The molecule has 1 unspecified atom stereocenters. The van der Waals surface area contributed by atoms with E-state index in [0.717, 1.165) is 12.8 Å². The van der Waals surface area contributed by atoms with Gasteiger partial charge in [-0.15, -0.1) is 0 Å². The summed E-state index contributed by atoms with van der Waals surface area (Å²) in [7, 11) is 1.59. The van der Waals surface area contributed by atoms with Crippen LogP contribution in [-0.2, 0) is 11.8 Å². The number of anilines is 1. The molecule has 1 aromatic heterocycles. The number of unbranched alkanes of at least 4 members (excludes halogenated alkanes) is 1. The van der Waals surface area contributed by atoms with Crippen LogP contribution >= 0.6 is 0 Å². The van der Waals surface area contributed by atoms with E-state index in [2.05, 4.69) is 10.3 Å². The molecule has 6 nitrogen and oxygen atoms in total. The van der Waals surface area contributed by atoms with E-state index in [9.17, 15) is 9.59 Å². The number of hydrogen-bond acceptors (Lipinski definition) is 4. The molecule has 0 amide bonds. The van der Waals surface area contributed by atoms with Gasteiger partial charge in [-0.05, 0) is 6.42 Å². The number of aromatic nitrogens is 2. The quantitative estimate of drug-likeness (QED) is 0.768. The molecule has 0 bridgehead atoms. The number of nitrogens with zero attached hydrogens (tertiary/aromatic N) is 2. The molecule has 0 radical (unpaired) electrons. The molecule has 1 rings (SSSR count). The van der Waals surface area contributed by atoms with Gasteiger partial charge in [0.05, 0.1) is 0 Å². The van der Waals surface area contributed by atoms with Crippen molar-refractivity contribution in [3.8, 4) is 0 Å². The fraction of sp³-hybridized carbons (Fsp3) is 0.545. The number of aryl methyl sites for hydroxylation is 1. The Hall–Kier alpha value is -1.85. The van der Waals surface area contributed by atoms with E-state index in [0.29, 0.717) is 6.42 Å². The summed E-state index contributed by atoms with van der Waals surface area (Å²) >= 11 is 0. The first-order valence-electron chi connectivity index (χ1n) is 5.57. The lowest BCUT2D eigenvalue weighted by Gasteiger charge is -2.14. The highest BCUT2D eigenvalue weighted by molar-refractivity contribution is 5.76. The standard InChI is InChI=1S/C11H17N3O3/c1-3-4-5-8(11(16)17)13-9-10(15)14(2)7-6-12-9/h6-8H,3-5H2,1-2H3,(H,12,13)(H,16,17). The van der Waals surface area contributed by atoms with E-state index < -0.39 is 12.0 Å². The van der Waals surface area contributed by atoms with Crippen LogP contribution in [0.4, 0.5) is 5.82 Å². The zero-order valence-electron chi connectivity index (χ0n) is 10.0. The average Bonchev–Trinajstić information content (AvgIpc) is 2.29. The maximum absolute atomic E-state index is 11.6. The zero-order valence-corrected chi connectivity index (χ0v) is 10.0. The summed E-state index contributed by atoms with van der Waals surface area (Å²) in [4.78, 5) is 26.5. The summed E-state index contributed by atoms with van der Waals surface area (Å²) < 4.78 is 1.36. The van der Waals surface area contributed by atoms with Crippen molar-refractivity contribution < 1.29 is 9.90 Å². The molecule has 1 heterocycles. The molecule has 1 atom stereocenters. The van der Waals surface area contributed by atoms with Gasteiger partial charge < -0.3 is 15.0 Å². The summed E-state index contributed by atoms with van der Waals surface area (Å²) in [5.41, 5.74) is -0.324. The van der Waals surface area contributed by atoms with Crippen molar-refractivity contribution in [1.82, 2.24) is 9.55 Å². The predicted molar refractivity (Wildman–Crippen MR) is 64.0 cm³/mol. The normalized spacial score (nSPS) is 12.1. The molecule has 1 aromatic rings. The second-order valence-electron chi connectivity index (χ2n) is 3.87. The van der Waals surface area contributed by atoms with Crippen LogP contribution in [0.3, 0.4) is 0 Å². The average molecular weight is 239 g/mol. The molecular weight excluding hydrogens is 222 g/mol. The fourth-order valence-corrected chi connectivity index (χ4v) is 1.43. The molecule has 6 heteroatoms. The van der Waals surface area contributed by atoms with Crippen molar-refractivity contribution in [2.75, 3.05) is 5.32 Å². The zero-order chi connectivity index (χ0) is 12.8. The highest BCUT2D eigenvalue weighted by Crippen LogP contribution is 2.05. The molecule has 17 heavy (non-hydrogen) atoms. The van der Waals surface area contributed by atoms with Gasteiger partial charge in [0, 0.05) is 19.4 Å². The SMILES string of the molecule is CCCCC(Nc1nccn(C)c1=O)C(=O)O. The molecule has 0 aliphatic heterocycles. The lowest BCUT2D eigenvalue weighted by Crippen LogP contribution is -2.33. The third-order valence-electron chi connectivity index (χ3n) is 2.47. The highest BCUT2D eigenvalue weighted by atomic mass is 16.4. The van der Waals surface area contributed by atoms with Crippen LogP contribution in [-0.4, -0.2) is 26.7 Å². The highest BCUT2D eigenvalue weighted by Gasteiger charge is 2.18. The Kier molecular flexibility index (Phi) is 4.68. The van der Waals surface area contributed by atoms with Crippen LogP contribution in [0.2, 0.25) is 0 Å². The van der Waals surface area contributed by atoms with Gasteiger partial charge in [0.2, 0.25) is 0 Å². The molecular formula is C11H17N3O3. The summed E-state index contributed by atoms with van der Waals surface area (Å²) in [5, 5.41) is 11.7. The fourth-order valence-electron chi connectivity index (χ4n) is 1.43. The Balaban J connectivity index is 2.82. The van der Waals surface area contributed by atoms with E-state index in [1.54, 1.807) is 7.05 Å². The molecule has 0 fully saturated rings. The van der Waals surface area contributed by atoms with E-state index in [1.165, 1.54) is 17.0 Å². The van der Waals surface area contributed by atoms with Crippen LogP contribution in [0.25, 0.3) is 0 Å². The molecule has 0 aliphatic rings. The summed E-state index contributed by atoms with van der Waals surface area (Å²) in [5.74, 6) is -0.885. The van der Waals surface area contributed by atoms with Gasteiger partial charge in [0.25, 0.3) is 5.56 Å². The van der Waals surface area contributed by atoms with Gasteiger partial charge in [0.15, 0.2) is 5.82 Å². The smallest absolute Gasteiger partial charge is 0.326 e. The monoisotopic (exact) mass is 239 g/mol. The largest absolute Gasteiger partial charge is 0.480 e. The number of carbonyl (C=O) groups is 1. The minimum Gasteiger partial charge on any atom is -0.480 e. The molecule has 0 aromatic carbocycles. The van der Waals surface area contributed by atoms with Crippen molar-refractivity contribution in [2.24, 2.45) is 7.05 Å². The summed E-state index contributed by atoms with van der Waals surface area (Å²) in [6.45, 7) is 1.98. The van der Waals surface area contributed by atoms with Crippen LogP contribution < -0.4 is 10.9 Å². The Morgan fingerprint density at radius 1 is 1.65 bits per heavy atom. The summed E-state index contributed by atoms with van der Waals surface area (Å²) in [6, 6.07) is -0.766. The lowest BCUT2D eigenvalue weighted by atomic mass is 10.1. The van der Waals surface area contributed by atoms with Gasteiger partial charge in [-0.25, -0.2) is 9.78 Å². The van der Waals surface area contributed by atoms with E-state index in [4.69, 9.17) is 5.11 Å². The molecule has 94 valence electrons. The second kappa shape index (κ2) is 6.03. The van der Waals surface area contributed by atoms with Gasteiger partial charge >= 0.3 is 5.97 Å². The Labute approximate surface area is 99.3 Å². The van der Waals surface area contributed by atoms with Crippen molar-refractivity contribution in [2.45, 2.75) is 32.2 Å². The Bertz CT molecular complexity index is 442. The maximum Gasteiger partial charge on any atom is 0.326 e. The Morgan fingerprint density at radius 2 is 2.35 bits per heavy atom. The summed E-state index contributed by atoms with van der Waals surface area (Å²) in [6.07, 6.45) is 5.16. The lowest BCUT2D eigenvalue weighted by molar-refractivity contribution is -0.138. The number of rotatable bonds is 6. The van der Waals surface area contributed by atoms with Gasteiger partial charge in [-0.1, -0.05) is 19.8 Å². The molecule has 2 N–H and O–H groups in total. The second-order valence-corrected chi connectivity index (χ2v) is 3.87. The minimum atomic E-state index is -0.967. The van der Waals surface area contributed by atoms with Crippen LogP contribution in [0.1, 0.15) is 26.2 Å². The van der Waals surface area contributed by atoms with Crippen molar-refractivity contribution in [1.29, 1.82) is 0 Å². The molecule has 0 spiro atoms. The third-order valence-corrected chi connectivity index (χ3v) is 2.47.